The summed E-state index contributed by atoms with van der Waals surface area (Å²) in [6, 6.07) is 13.2. The summed E-state index contributed by atoms with van der Waals surface area (Å²) in [5.41, 5.74) is 2.57. The third kappa shape index (κ3) is 6.85. The Balaban J connectivity index is 1.32. The van der Waals surface area contributed by atoms with Gasteiger partial charge in [0.15, 0.2) is 0 Å². The maximum atomic E-state index is 13.4. The van der Waals surface area contributed by atoms with E-state index in [1.165, 1.54) is 88.2 Å². The monoisotopic (exact) mass is 594 g/mol. The highest BCUT2D eigenvalue weighted by molar-refractivity contribution is 6.13. The van der Waals surface area contributed by atoms with E-state index in [0.29, 0.717) is 48.0 Å². The lowest BCUT2D eigenvalue weighted by molar-refractivity contribution is -0.137. The van der Waals surface area contributed by atoms with Crippen molar-refractivity contribution in [3.8, 4) is 11.5 Å². The molecule has 4 nitrogen and oxygen atoms in total. The zero-order valence-corrected chi connectivity index (χ0v) is 26.5. The molecule has 0 aliphatic heterocycles. The lowest BCUT2D eigenvalue weighted by Gasteiger charge is -2.26. The molecule has 0 aromatic heterocycles. The smallest absolute Gasteiger partial charge is 0.311 e. The molecule has 4 fully saturated rings. The van der Waals surface area contributed by atoms with Gasteiger partial charge in [-0.3, -0.25) is 9.59 Å². The van der Waals surface area contributed by atoms with Crippen LogP contribution >= 0.6 is 0 Å². The number of hydrogen-bond donors (Lipinski definition) is 0. The Hall–Kier alpha value is -2.88. The third-order valence-electron chi connectivity index (χ3n) is 11.4. The molecule has 4 heteroatoms. The molecule has 0 spiro atoms. The Labute approximate surface area is 263 Å². The normalized spacial score (nSPS) is 20.4. The molecule has 0 amide bonds. The van der Waals surface area contributed by atoms with Gasteiger partial charge in [0.2, 0.25) is 0 Å². The summed E-state index contributed by atoms with van der Waals surface area (Å²) < 4.78 is 12.7. The lowest BCUT2D eigenvalue weighted by atomic mass is 9.83. The van der Waals surface area contributed by atoms with Crippen LogP contribution < -0.4 is 9.47 Å². The van der Waals surface area contributed by atoms with Crippen molar-refractivity contribution in [3.63, 3.8) is 0 Å². The van der Waals surface area contributed by atoms with Crippen molar-refractivity contribution in [1.82, 2.24) is 0 Å². The number of fused-ring (bicyclic) bond motifs is 2. The molecular formula is C40H50O4. The molecule has 44 heavy (non-hydrogen) atoms. The molecule has 0 unspecified atom stereocenters. The van der Waals surface area contributed by atoms with Crippen LogP contribution in [0.4, 0.5) is 0 Å². The SMILES string of the molecule is O=C(CC1CCC1)Oc1c2ccc(CC3CCCCC3)cc2c(OC(=O)CC2CCC2)c2cc(CC3CCCCC3)ccc12. The number of carbonyl (C=O) groups excluding carboxylic acids is 2. The van der Waals surface area contributed by atoms with Crippen LogP contribution in [0.15, 0.2) is 36.4 Å². The predicted molar refractivity (Wildman–Crippen MR) is 177 cm³/mol. The molecular weight excluding hydrogens is 544 g/mol. The van der Waals surface area contributed by atoms with Gasteiger partial charge in [-0.1, -0.05) is 101 Å². The first-order valence-electron chi connectivity index (χ1n) is 18.0. The average Bonchev–Trinajstić information content (AvgIpc) is 2.99. The first kappa shape index (κ1) is 29.8. The largest absolute Gasteiger partial charge is 0.425 e. The van der Waals surface area contributed by atoms with Crippen molar-refractivity contribution >= 4 is 33.5 Å². The predicted octanol–water partition coefficient (Wildman–Crippen LogP) is 10.4. The molecule has 0 heterocycles. The van der Waals surface area contributed by atoms with Crippen LogP contribution in [0.2, 0.25) is 0 Å². The number of carbonyl (C=O) groups is 2. The van der Waals surface area contributed by atoms with Crippen molar-refractivity contribution in [2.75, 3.05) is 0 Å². The van der Waals surface area contributed by atoms with E-state index in [1.54, 1.807) is 0 Å². The second-order valence-corrected chi connectivity index (χ2v) is 14.8. The molecule has 3 aromatic carbocycles. The topological polar surface area (TPSA) is 52.6 Å². The van der Waals surface area contributed by atoms with Crippen molar-refractivity contribution < 1.29 is 19.1 Å². The summed E-state index contributed by atoms with van der Waals surface area (Å²) in [5, 5.41) is 3.57. The van der Waals surface area contributed by atoms with Gasteiger partial charge in [0.05, 0.1) is 0 Å². The molecule has 4 aliphatic carbocycles. The highest BCUT2D eigenvalue weighted by Crippen LogP contribution is 2.45. The quantitative estimate of drug-likeness (QED) is 0.133. The van der Waals surface area contributed by atoms with Gasteiger partial charge in [0.1, 0.15) is 11.5 Å². The van der Waals surface area contributed by atoms with Crippen LogP contribution in [0.3, 0.4) is 0 Å². The summed E-state index contributed by atoms with van der Waals surface area (Å²) in [7, 11) is 0. The molecule has 234 valence electrons. The molecule has 0 atom stereocenters. The maximum Gasteiger partial charge on any atom is 0.311 e. The fraction of sp³-hybridized carbons (Fsp3) is 0.600. The second-order valence-electron chi connectivity index (χ2n) is 14.8. The Kier molecular flexibility index (Phi) is 9.23. The first-order valence-corrected chi connectivity index (χ1v) is 18.0. The molecule has 0 saturated heterocycles. The van der Waals surface area contributed by atoms with Crippen molar-refractivity contribution in [1.29, 1.82) is 0 Å². The number of benzene rings is 3. The molecule has 3 aromatic rings. The Bertz CT molecular complexity index is 1400. The van der Waals surface area contributed by atoms with E-state index >= 15 is 0 Å². The Morgan fingerprint density at radius 2 is 0.864 bits per heavy atom. The minimum Gasteiger partial charge on any atom is -0.425 e. The molecule has 7 rings (SSSR count). The molecule has 0 radical (unpaired) electrons. The second kappa shape index (κ2) is 13.6. The summed E-state index contributed by atoms with van der Waals surface area (Å²) >= 11 is 0. The summed E-state index contributed by atoms with van der Waals surface area (Å²) in [5.74, 6) is 3.29. The van der Waals surface area contributed by atoms with Crippen LogP contribution in [-0.2, 0) is 22.4 Å². The third-order valence-corrected chi connectivity index (χ3v) is 11.4. The van der Waals surface area contributed by atoms with E-state index in [9.17, 15) is 9.59 Å². The van der Waals surface area contributed by atoms with Crippen LogP contribution in [0, 0.1) is 23.7 Å². The van der Waals surface area contributed by atoms with Crippen molar-refractivity contribution in [2.45, 2.75) is 128 Å². The standard InChI is InChI=1S/C40H50O4/c41-37(25-29-13-7-14-29)43-39-33-19-17-31(21-27-9-3-1-4-10-27)23-35(33)40(44-38(42)26-30-15-8-16-30)36-24-32(18-20-34(36)39)22-28-11-5-2-6-12-28/h17-20,23-24,27-30H,1-16,21-22,25-26H2. The van der Waals surface area contributed by atoms with Crippen LogP contribution in [0.25, 0.3) is 21.5 Å². The van der Waals surface area contributed by atoms with Gasteiger partial charge in [-0.05, 0) is 85.5 Å². The first-order chi connectivity index (χ1) is 21.6. The van der Waals surface area contributed by atoms with Gasteiger partial charge >= 0.3 is 11.9 Å². The van der Waals surface area contributed by atoms with Gasteiger partial charge < -0.3 is 9.47 Å². The number of rotatable bonds is 10. The summed E-state index contributed by atoms with van der Waals surface area (Å²) in [4.78, 5) is 26.7. The van der Waals surface area contributed by atoms with E-state index in [2.05, 4.69) is 36.4 Å². The van der Waals surface area contributed by atoms with Gasteiger partial charge in [-0.25, -0.2) is 0 Å². The van der Waals surface area contributed by atoms with Crippen LogP contribution in [-0.4, -0.2) is 11.9 Å². The van der Waals surface area contributed by atoms with E-state index in [1.807, 2.05) is 0 Å². The van der Waals surface area contributed by atoms with E-state index in [0.717, 1.165) is 60.1 Å². The molecule has 4 aliphatic rings. The minimum atomic E-state index is -0.149. The van der Waals surface area contributed by atoms with Gasteiger partial charge in [0, 0.05) is 34.4 Å². The van der Waals surface area contributed by atoms with Gasteiger partial charge in [0.25, 0.3) is 0 Å². The fourth-order valence-corrected chi connectivity index (χ4v) is 8.34. The average molecular weight is 595 g/mol. The van der Waals surface area contributed by atoms with E-state index < -0.39 is 0 Å². The van der Waals surface area contributed by atoms with Crippen LogP contribution in [0.1, 0.15) is 127 Å². The lowest BCUT2D eigenvalue weighted by Crippen LogP contribution is -2.20. The fourth-order valence-electron chi connectivity index (χ4n) is 8.34. The van der Waals surface area contributed by atoms with Crippen LogP contribution in [0.5, 0.6) is 11.5 Å². The Morgan fingerprint density at radius 1 is 0.477 bits per heavy atom. The minimum absolute atomic E-state index is 0.137. The van der Waals surface area contributed by atoms with Crippen molar-refractivity contribution in [3.05, 3.63) is 47.5 Å². The summed E-state index contributed by atoms with van der Waals surface area (Å²) in [6.07, 6.45) is 23.0. The zero-order chi connectivity index (χ0) is 29.9. The number of hydrogen-bond acceptors (Lipinski definition) is 4. The maximum absolute atomic E-state index is 13.4. The molecule has 0 N–H and O–H groups in total. The number of esters is 2. The van der Waals surface area contributed by atoms with E-state index in [4.69, 9.17) is 9.47 Å². The zero-order valence-electron chi connectivity index (χ0n) is 26.5. The van der Waals surface area contributed by atoms with Gasteiger partial charge in [-0.15, -0.1) is 0 Å². The molecule has 0 bridgehead atoms. The summed E-state index contributed by atoms with van der Waals surface area (Å²) in [6.45, 7) is 0. The van der Waals surface area contributed by atoms with E-state index in [-0.39, 0.29) is 11.9 Å². The van der Waals surface area contributed by atoms with Gasteiger partial charge in [-0.2, -0.15) is 0 Å². The highest BCUT2D eigenvalue weighted by Gasteiger charge is 2.27. The highest BCUT2D eigenvalue weighted by atomic mass is 16.5. The Morgan fingerprint density at radius 3 is 1.25 bits per heavy atom. The number of ether oxygens (including phenoxy) is 2. The van der Waals surface area contributed by atoms with Crippen molar-refractivity contribution in [2.24, 2.45) is 23.7 Å². The molecule has 4 saturated carbocycles.